The summed E-state index contributed by atoms with van der Waals surface area (Å²) in [4.78, 5) is 1.30. The van der Waals surface area contributed by atoms with Crippen molar-refractivity contribution in [1.82, 2.24) is 4.57 Å². The molecule has 0 fully saturated rings. The molecule has 1 aliphatic heterocycles. The standard InChI is InChI=1S/C35H31ClN2O3S/c1-21-13-16-30-33-24(21)9-5-10-25(33)28(37(30)2)17-14-22-7-4-8-23(35(22)36)15-18-29-26-11-6-12-27-32(42(39,40)41)20-19-31(34(26)27)38(29)3/h5-6,9-20,28H,4,7-8H2,1-3H3,(H,39,40,41)/p+1/b17-14+,23-15+,29-18?. The van der Waals surface area contributed by atoms with E-state index >= 15 is 0 Å². The number of nitrogens with zero attached hydrogens (tertiary/aromatic N) is 1. The first-order valence-corrected chi connectivity index (χ1v) is 16.1. The van der Waals surface area contributed by atoms with E-state index in [-0.39, 0.29) is 10.9 Å². The van der Waals surface area contributed by atoms with Crippen LogP contribution in [0.3, 0.4) is 0 Å². The molecule has 7 rings (SSSR count). The second kappa shape index (κ2) is 9.96. The molecule has 212 valence electrons. The average molecular weight is 596 g/mol. The maximum Gasteiger partial charge on any atom is 0.295 e. The number of benzene rings is 4. The van der Waals surface area contributed by atoms with Crippen molar-refractivity contribution in [3.05, 3.63) is 112 Å². The lowest BCUT2D eigenvalue weighted by atomic mass is 9.93. The molecule has 1 aromatic heterocycles. The number of hydrogen-bond acceptors (Lipinski definition) is 2. The quantitative estimate of drug-likeness (QED) is 0.230. The lowest BCUT2D eigenvalue weighted by Crippen LogP contribution is -3.02. The van der Waals surface area contributed by atoms with Gasteiger partial charge < -0.3 is 4.57 Å². The number of rotatable bonds is 4. The van der Waals surface area contributed by atoms with Gasteiger partial charge in [0.2, 0.25) is 0 Å². The van der Waals surface area contributed by atoms with E-state index in [1.165, 1.54) is 38.6 Å². The number of halogens is 1. The van der Waals surface area contributed by atoms with Crippen LogP contribution in [0.2, 0.25) is 0 Å². The third-order valence-electron chi connectivity index (χ3n) is 9.16. The van der Waals surface area contributed by atoms with Crippen molar-refractivity contribution in [2.24, 2.45) is 7.05 Å². The van der Waals surface area contributed by atoms with E-state index in [4.69, 9.17) is 11.6 Å². The first kappa shape index (κ1) is 27.2. The van der Waals surface area contributed by atoms with Crippen molar-refractivity contribution in [2.45, 2.75) is 37.1 Å². The van der Waals surface area contributed by atoms with Crippen LogP contribution in [0.4, 0.5) is 5.69 Å². The fourth-order valence-corrected chi connectivity index (χ4v) is 8.01. The summed E-state index contributed by atoms with van der Waals surface area (Å²) in [6.07, 6.45) is 11.6. The highest BCUT2D eigenvalue weighted by Crippen LogP contribution is 2.38. The van der Waals surface area contributed by atoms with Crippen molar-refractivity contribution in [3.8, 4) is 0 Å². The number of aromatic nitrogens is 1. The minimum absolute atomic E-state index is 0.0741. The van der Waals surface area contributed by atoms with Crippen LogP contribution in [0.25, 0.3) is 38.5 Å². The Morgan fingerprint density at radius 1 is 0.952 bits per heavy atom. The van der Waals surface area contributed by atoms with Crippen molar-refractivity contribution >= 4 is 65.9 Å². The Morgan fingerprint density at radius 2 is 1.71 bits per heavy atom. The largest absolute Gasteiger partial charge is 0.344 e. The second-order valence-electron chi connectivity index (χ2n) is 11.5. The van der Waals surface area contributed by atoms with Crippen LogP contribution < -0.4 is 10.2 Å². The van der Waals surface area contributed by atoms with Crippen LogP contribution in [0.15, 0.2) is 100.0 Å². The molecular formula is C35H32ClN2O3S+. The third-order valence-corrected chi connectivity index (χ3v) is 10.6. The molecule has 0 saturated carbocycles. The van der Waals surface area contributed by atoms with Crippen LogP contribution in [0.1, 0.15) is 36.4 Å². The zero-order chi connectivity index (χ0) is 29.3. The maximum atomic E-state index is 12.0. The normalized spacial score (nSPS) is 20.9. The van der Waals surface area contributed by atoms with Gasteiger partial charge in [0.1, 0.15) is 16.6 Å². The molecule has 2 atom stereocenters. The molecule has 2 aliphatic rings. The zero-order valence-electron chi connectivity index (χ0n) is 23.8. The topological polar surface area (TPSA) is 63.7 Å². The molecule has 42 heavy (non-hydrogen) atoms. The van der Waals surface area contributed by atoms with E-state index in [9.17, 15) is 13.0 Å². The van der Waals surface area contributed by atoms with Gasteiger partial charge in [0.25, 0.3) is 10.1 Å². The number of allylic oxidation sites excluding steroid dienone is 5. The molecule has 0 bridgehead atoms. The van der Waals surface area contributed by atoms with Crippen molar-refractivity contribution in [1.29, 1.82) is 0 Å². The molecule has 2 N–H and O–H groups in total. The minimum atomic E-state index is -4.34. The third kappa shape index (κ3) is 4.16. The predicted molar refractivity (Wildman–Crippen MR) is 172 cm³/mol. The second-order valence-corrected chi connectivity index (χ2v) is 13.3. The maximum absolute atomic E-state index is 12.0. The summed E-state index contributed by atoms with van der Waals surface area (Å²) >= 11 is 7.04. The molecule has 7 heteroatoms. The Balaban J connectivity index is 1.27. The van der Waals surface area contributed by atoms with Gasteiger partial charge in [-0.3, -0.25) is 9.45 Å². The molecule has 2 unspecified atom stereocenters. The smallest absolute Gasteiger partial charge is 0.295 e. The van der Waals surface area contributed by atoms with Gasteiger partial charge in [0, 0.05) is 50.7 Å². The Kier molecular flexibility index (Phi) is 6.44. The molecule has 0 radical (unpaired) electrons. The highest BCUT2D eigenvalue weighted by molar-refractivity contribution is 7.86. The number of quaternary nitrogens is 1. The molecule has 4 aromatic carbocycles. The minimum Gasteiger partial charge on any atom is -0.344 e. The van der Waals surface area contributed by atoms with Crippen LogP contribution in [0, 0.1) is 6.92 Å². The summed E-state index contributed by atoms with van der Waals surface area (Å²) in [5.41, 5.74) is 7.17. The molecule has 5 nitrogen and oxygen atoms in total. The summed E-state index contributed by atoms with van der Waals surface area (Å²) < 4.78 is 35.9. The number of aryl methyl sites for hydroxylation is 2. The fourth-order valence-electron chi connectivity index (χ4n) is 7.01. The number of hydrogen-bond donors (Lipinski definition) is 2. The Labute approximate surface area is 250 Å². The van der Waals surface area contributed by atoms with Crippen LogP contribution in [-0.4, -0.2) is 24.6 Å². The van der Waals surface area contributed by atoms with Crippen molar-refractivity contribution in [3.63, 3.8) is 0 Å². The fraction of sp³-hybridized carbons (Fsp3) is 0.200. The average Bonchev–Trinajstić information content (AvgIpc) is 3.40. The Bertz CT molecular complexity index is 2210. The van der Waals surface area contributed by atoms with Gasteiger partial charge in [-0.2, -0.15) is 8.42 Å². The van der Waals surface area contributed by atoms with E-state index in [1.54, 1.807) is 12.1 Å². The van der Waals surface area contributed by atoms with Crippen LogP contribution in [-0.2, 0) is 17.2 Å². The molecule has 1 aliphatic carbocycles. The van der Waals surface area contributed by atoms with Gasteiger partial charge >= 0.3 is 0 Å². The highest BCUT2D eigenvalue weighted by atomic mass is 35.5. The van der Waals surface area contributed by atoms with Crippen molar-refractivity contribution in [2.75, 3.05) is 7.05 Å². The van der Waals surface area contributed by atoms with E-state index in [0.717, 1.165) is 57.1 Å². The van der Waals surface area contributed by atoms with Crippen molar-refractivity contribution < 1.29 is 17.9 Å². The predicted octanol–water partition coefficient (Wildman–Crippen LogP) is 6.60. The monoisotopic (exact) mass is 595 g/mol. The summed E-state index contributed by atoms with van der Waals surface area (Å²) in [7, 11) is -0.127. The molecular weight excluding hydrogens is 564 g/mol. The first-order chi connectivity index (χ1) is 20.1. The van der Waals surface area contributed by atoms with Gasteiger partial charge in [-0.25, -0.2) is 0 Å². The van der Waals surface area contributed by atoms with Gasteiger partial charge in [-0.05, 0) is 72.6 Å². The van der Waals surface area contributed by atoms with E-state index < -0.39 is 10.1 Å². The molecule has 0 saturated heterocycles. The SMILES string of the molecule is Cc1ccc2c3c(cccc13)C(/C=C/C1=C(Cl)C(=C/C=c3c4cccc5c(S(=O)(=O)O)ccc(c54)n3C)/CCC1)[NH+]2C. The van der Waals surface area contributed by atoms with Gasteiger partial charge in [-0.1, -0.05) is 66.2 Å². The molecule has 5 aromatic rings. The summed E-state index contributed by atoms with van der Waals surface area (Å²) in [5.74, 6) is 0. The van der Waals surface area contributed by atoms with Gasteiger partial charge in [0.15, 0.2) is 0 Å². The van der Waals surface area contributed by atoms with Crippen LogP contribution in [0.5, 0.6) is 0 Å². The van der Waals surface area contributed by atoms with E-state index in [1.807, 2.05) is 19.2 Å². The highest BCUT2D eigenvalue weighted by Gasteiger charge is 2.32. The van der Waals surface area contributed by atoms with Gasteiger partial charge in [-0.15, -0.1) is 0 Å². The summed E-state index contributed by atoms with van der Waals surface area (Å²) in [6.45, 7) is 2.18. The number of nitrogens with one attached hydrogen (secondary N) is 1. The Morgan fingerprint density at radius 3 is 2.52 bits per heavy atom. The number of likely N-dealkylation sites (N-methyl/N-ethyl adjacent to an activating group) is 1. The first-order valence-electron chi connectivity index (χ1n) is 14.3. The van der Waals surface area contributed by atoms with E-state index in [2.05, 4.69) is 73.2 Å². The lowest BCUT2D eigenvalue weighted by molar-refractivity contribution is -0.832. The van der Waals surface area contributed by atoms with E-state index in [0.29, 0.717) is 5.39 Å². The van der Waals surface area contributed by atoms with Crippen LogP contribution >= 0.6 is 11.6 Å². The lowest BCUT2D eigenvalue weighted by Gasteiger charge is -2.18. The summed E-state index contributed by atoms with van der Waals surface area (Å²) in [6, 6.07) is 20.1. The summed E-state index contributed by atoms with van der Waals surface area (Å²) in [5, 5.41) is 6.74. The zero-order valence-corrected chi connectivity index (χ0v) is 25.4. The van der Waals surface area contributed by atoms with Gasteiger partial charge in [0.05, 0.1) is 12.4 Å². The Hall–Kier alpha value is -3.68. The molecule has 0 amide bonds. The molecule has 2 heterocycles. The molecule has 0 spiro atoms.